The van der Waals surface area contributed by atoms with E-state index in [-0.39, 0.29) is 5.69 Å². The van der Waals surface area contributed by atoms with Gasteiger partial charge in [0.15, 0.2) is 0 Å². The summed E-state index contributed by atoms with van der Waals surface area (Å²) in [5.41, 5.74) is 1.96. The molecule has 2 heterocycles. The van der Waals surface area contributed by atoms with Crippen molar-refractivity contribution in [1.29, 1.82) is 0 Å². The average molecular weight is 233 g/mol. The normalized spacial score (nSPS) is 22.4. The molecular weight excluding hydrogens is 214 g/mol. The molecule has 17 heavy (non-hydrogen) atoms. The second-order valence-electron chi connectivity index (χ2n) is 5.22. The van der Waals surface area contributed by atoms with E-state index in [9.17, 15) is 4.79 Å². The summed E-state index contributed by atoms with van der Waals surface area (Å²) in [5, 5.41) is 3.35. The highest BCUT2D eigenvalue weighted by molar-refractivity contribution is 5.18. The molecule has 1 saturated heterocycles. The van der Waals surface area contributed by atoms with Crippen LogP contribution in [-0.4, -0.2) is 23.1 Å². The monoisotopic (exact) mass is 233 g/mol. The van der Waals surface area contributed by atoms with Crippen LogP contribution < -0.4 is 11.0 Å². The van der Waals surface area contributed by atoms with E-state index in [2.05, 4.69) is 21.4 Å². The summed E-state index contributed by atoms with van der Waals surface area (Å²) in [6, 6.07) is 2.14. The molecule has 1 aliphatic carbocycles. The Balaban J connectivity index is 1.87. The van der Waals surface area contributed by atoms with Gasteiger partial charge in [-0.2, -0.15) is 4.98 Å². The van der Waals surface area contributed by atoms with Gasteiger partial charge in [0.1, 0.15) is 0 Å². The number of nitrogens with zero attached hydrogens (tertiary/aromatic N) is 1. The SMILES string of the molecule is O=c1nc(C2CCC2)cc(C2CCNCC2)[nH]1. The van der Waals surface area contributed by atoms with Crippen molar-refractivity contribution in [2.24, 2.45) is 0 Å². The summed E-state index contributed by atoms with van der Waals surface area (Å²) in [6.45, 7) is 2.10. The van der Waals surface area contributed by atoms with Crippen LogP contribution in [0.15, 0.2) is 10.9 Å². The maximum Gasteiger partial charge on any atom is 0.345 e. The molecule has 1 saturated carbocycles. The van der Waals surface area contributed by atoms with E-state index in [0.717, 1.165) is 37.3 Å². The standard InChI is InChI=1S/C13H19N3O/c17-13-15-11(9-2-1-3-9)8-12(16-13)10-4-6-14-7-5-10/h8-10,14H,1-7H2,(H,15,16,17). The van der Waals surface area contributed by atoms with Gasteiger partial charge in [-0.05, 0) is 44.8 Å². The molecule has 0 bridgehead atoms. The lowest BCUT2D eigenvalue weighted by Gasteiger charge is -2.26. The summed E-state index contributed by atoms with van der Waals surface area (Å²) >= 11 is 0. The fraction of sp³-hybridized carbons (Fsp3) is 0.692. The first-order chi connectivity index (χ1) is 8.33. The predicted octanol–water partition coefficient (Wildman–Crippen LogP) is 1.50. The van der Waals surface area contributed by atoms with E-state index < -0.39 is 0 Å². The van der Waals surface area contributed by atoms with Gasteiger partial charge >= 0.3 is 5.69 Å². The minimum absolute atomic E-state index is 0.164. The third kappa shape index (κ3) is 2.27. The molecule has 0 spiro atoms. The van der Waals surface area contributed by atoms with Crippen molar-refractivity contribution in [2.75, 3.05) is 13.1 Å². The number of piperidine rings is 1. The van der Waals surface area contributed by atoms with Crippen molar-refractivity contribution in [3.8, 4) is 0 Å². The summed E-state index contributed by atoms with van der Waals surface area (Å²) in [7, 11) is 0. The van der Waals surface area contributed by atoms with Gasteiger partial charge in [0.05, 0.1) is 5.69 Å². The molecule has 2 fully saturated rings. The van der Waals surface area contributed by atoms with Gasteiger partial charge in [-0.1, -0.05) is 6.42 Å². The quantitative estimate of drug-likeness (QED) is 0.814. The molecule has 92 valence electrons. The molecule has 0 atom stereocenters. The van der Waals surface area contributed by atoms with Gasteiger partial charge in [0.25, 0.3) is 0 Å². The molecule has 0 radical (unpaired) electrons. The average Bonchev–Trinajstić information content (AvgIpc) is 2.27. The molecule has 0 unspecified atom stereocenters. The third-order valence-corrected chi connectivity index (χ3v) is 4.09. The van der Waals surface area contributed by atoms with Crippen molar-refractivity contribution in [3.05, 3.63) is 27.9 Å². The summed E-state index contributed by atoms with van der Waals surface area (Å²) < 4.78 is 0. The van der Waals surface area contributed by atoms with Crippen LogP contribution in [0.2, 0.25) is 0 Å². The minimum Gasteiger partial charge on any atom is -0.317 e. The number of hydrogen-bond donors (Lipinski definition) is 2. The number of aromatic amines is 1. The van der Waals surface area contributed by atoms with E-state index >= 15 is 0 Å². The molecule has 1 aromatic heterocycles. The molecule has 1 aromatic rings. The van der Waals surface area contributed by atoms with E-state index in [1.165, 1.54) is 19.3 Å². The van der Waals surface area contributed by atoms with Gasteiger partial charge in [0, 0.05) is 17.5 Å². The molecule has 0 amide bonds. The van der Waals surface area contributed by atoms with Gasteiger partial charge in [0.2, 0.25) is 0 Å². The molecule has 4 heteroatoms. The third-order valence-electron chi connectivity index (χ3n) is 4.09. The number of nitrogens with one attached hydrogen (secondary N) is 2. The lowest BCUT2D eigenvalue weighted by Crippen LogP contribution is -2.29. The van der Waals surface area contributed by atoms with Crippen LogP contribution in [0.25, 0.3) is 0 Å². The maximum absolute atomic E-state index is 11.6. The molecule has 2 aliphatic rings. The van der Waals surface area contributed by atoms with E-state index in [1.807, 2.05) is 0 Å². The van der Waals surface area contributed by atoms with Crippen molar-refractivity contribution < 1.29 is 0 Å². The van der Waals surface area contributed by atoms with Crippen molar-refractivity contribution in [1.82, 2.24) is 15.3 Å². The van der Waals surface area contributed by atoms with Crippen molar-refractivity contribution >= 4 is 0 Å². The Labute approximate surface area is 101 Å². The molecule has 1 aliphatic heterocycles. The summed E-state index contributed by atoms with van der Waals surface area (Å²) in [4.78, 5) is 18.7. The van der Waals surface area contributed by atoms with Crippen LogP contribution in [0.3, 0.4) is 0 Å². The fourth-order valence-corrected chi connectivity index (χ4v) is 2.76. The Kier molecular flexibility index (Phi) is 2.97. The summed E-state index contributed by atoms with van der Waals surface area (Å²) in [5.74, 6) is 1.04. The highest BCUT2D eigenvalue weighted by Gasteiger charge is 2.23. The van der Waals surface area contributed by atoms with Crippen molar-refractivity contribution in [2.45, 2.75) is 43.9 Å². The van der Waals surface area contributed by atoms with Gasteiger partial charge in [-0.3, -0.25) is 0 Å². The van der Waals surface area contributed by atoms with Crippen LogP contribution in [0, 0.1) is 0 Å². The fourth-order valence-electron chi connectivity index (χ4n) is 2.76. The molecule has 0 aromatic carbocycles. The first kappa shape index (κ1) is 11.0. The molecule has 3 rings (SSSR count). The first-order valence-electron chi connectivity index (χ1n) is 6.65. The minimum atomic E-state index is -0.164. The Morgan fingerprint density at radius 2 is 1.88 bits per heavy atom. The van der Waals surface area contributed by atoms with E-state index in [4.69, 9.17) is 0 Å². The Morgan fingerprint density at radius 3 is 2.53 bits per heavy atom. The number of hydrogen-bond acceptors (Lipinski definition) is 3. The number of aromatic nitrogens is 2. The van der Waals surface area contributed by atoms with Crippen LogP contribution in [-0.2, 0) is 0 Å². The number of H-pyrrole nitrogens is 1. The molecule has 2 N–H and O–H groups in total. The zero-order valence-electron chi connectivity index (χ0n) is 10.0. The van der Waals surface area contributed by atoms with Crippen LogP contribution in [0.1, 0.15) is 55.3 Å². The second-order valence-corrected chi connectivity index (χ2v) is 5.22. The molecule has 4 nitrogen and oxygen atoms in total. The predicted molar refractivity (Wildman–Crippen MR) is 66.3 cm³/mol. The van der Waals surface area contributed by atoms with Crippen LogP contribution in [0.5, 0.6) is 0 Å². The van der Waals surface area contributed by atoms with Crippen LogP contribution >= 0.6 is 0 Å². The zero-order chi connectivity index (χ0) is 11.7. The van der Waals surface area contributed by atoms with Gasteiger partial charge in [-0.25, -0.2) is 4.79 Å². The highest BCUT2D eigenvalue weighted by Crippen LogP contribution is 2.35. The summed E-state index contributed by atoms with van der Waals surface area (Å²) in [6.07, 6.45) is 5.90. The van der Waals surface area contributed by atoms with Crippen LogP contribution in [0.4, 0.5) is 0 Å². The Bertz CT molecular complexity index is 444. The second kappa shape index (κ2) is 4.61. The number of rotatable bonds is 2. The Morgan fingerprint density at radius 1 is 1.12 bits per heavy atom. The highest BCUT2D eigenvalue weighted by atomic mass is 16.1. The van der Waals surface area contributed by atoms with Gasteiger partial charge < -0.3 is 10.3 Å². The zero-order valence-corrected chi connectivity index (χ0v) is 10.0. The largest absolute Gasteiger partial charge is 0.345 e. The Hall–Kier alpha value is -1.16. The van der Waals surface area contributed by atoms with Crippen molar-refractivity contribution in [3.63, 3.8) is 0 Å². The van der Waals surface area contributed by atoms with E-state index in [0.29, 0.717) is 11.8 Å². The smallest absolute Gasteiger partial charge is 0.317 e. The lowest BCUT2D eigenvalue weighted by molar-refractivity contribution is 0.406. The topological polar surface area (TPSA) is 57.8 Å². The van der Waals surface area contributed by atoms with Gasteiger partial charge in [-0.15, -0.1) is 0 Å². The molecular formula is C13H19N3O. The lowest BCUT2D eigenvalue weighted by atomic mass is 9.82. The maximum atomic E-state index is 11.6. The van der Waals surface area contributed by atoms with E-state index in [1.54, 1.807) is 0 Å². The first-order valence-corrected chi connectivity index (χ1v) is 6.65.